The van der Waals surface area contributed by atoms with Crippen LogP contribution in [0.15, 0.2) is 79.0 Å². The second kappa shape index (κ2) is 6.10. The van der Waals surface area contributed by atoms with Gasteiger partial charge >= 0.3 is 0 Å². The number of hydrogen-bond donors (Lipinski definition) is 0. The summed E-state index contributed by atoms with van der Waals surface area (Å²) in [6, 6.07) is 22.3. The quantitative estimate of drug-likeness (QED) is 0.465. The molecule has 0 aliphatic heterocycles. The maximum Gasteiger partial charge on any atom is 0.229 e. The van der Waals surface area contributed by atoms with E-state index in [0.717, 1.165) is 16.4 Å². The minimum Gasteiger partial charge on any atom is -0.285 e. The summed E-state index contributed by atoms with van der Waals surface area (Å²) in [5.74, 6) is -0.223. The first-order chi connectivity index (χ1) is 13.3. The van der Waals surface area contributed by atoms with Crippen molar-refractivity contribution in [1.29, 1.82) is 0 Å². The Labute approximate surface area is 154 Å². The Morgan fingerprint density at radius 2 is 1.63 bits per heavy atom. The van der Waals surface area contributed by atoms with E-state index in [9.17, 15) is 4.79 Å². The molecule has 0 unspecified atom stereocenters. The summed E-state index contributed by atoms with van der Waals surface area (Å²) in [6.07, 6.45) is 1.82. The topological polar surface area (TPSA) is 73.0 Å². The second-order valence-electron chi connectivity index (χ2n) is 6.09. The van der Waals surface area contributed by atoms with Gasteiger partial charge in [-0.1, -0.05) is 41.6 Å². The maximum absolute atomic E-state index is 12.9. The standard InChI is InChI=1S/C21H13N5O/c27-21(18-12-11-14-6-1-2-7-15(14)22-18)17-9-5-8-16(23-17)20-19-10-3-4-13-26(19)25-24-20/h1-13H. The summed E-state index contributed by atoms with van der Waals surface area (Å²) in [5.41, 5.74) is 3.54. The van der Waals surface area contributed by atoms with Crippen LogP contribution in [0.3, 0.4) is 0 Å². The van der Waals surface area contributed by atoms with E-state index in [4.69, 9.17) is 0 Å². The highest BCUT2D eigenvalue weighted by Crippen LogP contribution is 2.21. The van der Waals surface area contributed by atoms with Crippen molar-refractivity contribution in [1.82, 2.24) is 24.8 Å². The number of fused-ring (bicyclic) bond motifs is 2. The first-order valence-electron chi connectivity index (χ1n) is 8.47. The highest BCUT2D eigenvalue weighted by molar-refractivity contribution is 6.07. The third kappa shape index (κ3) is 2.64. The van der Waals surface area contributed by atoms with E-state index in [1.807, 2.05) is 60.8 Å². The number of pyridine rings is 3. The largest absolute Gasteiger partial charge is 0.285 e. The van der Waals surface area contributed by atoms with Crippen molar-refractivity contribution in [2.45, 2.75) is 0 Å². The Morgan fingerprint density at radius 3 is 2.59 bits per heavy atom. The predicted octanol–water partition coefficient (Wildman–Crippen LogP) is 3.57. The Hall–Kier alpha value is -3.93. The third-order valence-corrected chi connectivity index (χ3v) is 4.38. The molecule has 0 aliphatic rings. The molecule has 5 rings (SSSR count). The lowest BCUT2D eigenvalue weighted by atomic mass is 10.1. The lowest BCUT2D eigenvalue weighted by molar-refractivity contribution is 0.103. The van der Waals surface area contributed by atoms with Crippen LogP contribution in [-0.4, -0.2) is 30.6 Å². The second-order valence-corrected chi connectivity index (χ2v) is 6.09. The fourth-order valence-corrected chi connectivity index (χ4v) is 3.04. The Morgan fingerprint density at radius 1 is 0.778 bits per heavy atom. The number of nitrogens with zero attached hydrogens (tertiary/aromatic N) is 5. The molecule has 5 aromatic rings. The molecule has 0 saturated heterocycles. The van der Waals surface area contributed by atoms with E-state index >= 15 is 0 Å². The van der Waals surface area contributed by atoms with Crippen LogP contribution >= 0.6 is 0 Å². The minimum atomic E-state index is -0.223. The molecular weight excluding hydrogens is 338 g/mol. The van der Waals surface area contributed by atoms with E-state index in [1.165, 1.54) is 0 Å². The minimum absolute atomic E-state index is 0.223. The monoisotopic (exact) mass is 351 g/mol. The van der Waals surface area contributed by atoms with Crippen LogP contribution < -0.4 is 0 Å². The van der Waals surface area contributed by atoms with Crippen LogP contribution in [0.2, 0.25) is 0 Å². The summed E-state index contributed by atoms with van der Waals surface area (Å²) >= 11 is 0. The molecule has 6 nitrogen and oxygen atoms in total. The zero-order valence-corrected chi connectivity index (χ0v) is 14.1. The SMILES string of the molecule is O=C(c1cccc(-c2nnn3ccccc23)n1)c1ccc2ccccc2n1. The van der Waals surface area contributed by atoms with E-state index in [1.54, 1.807) is 22.7 Å². The number of carbonyl (C=O) groups excluding carboxylic acids is 1. The van der Waals surface area contributed by atoms with Gasteiger partial charge in [-0.25, -0.2) is 14.5 Å². The molecule has 0 bridgehead atoms. The van der Waals surface area contributed by atoms with Crippen LogP contribution in [0.4, 0.5) is 0 Å². The van der Waals surface area contributed by atoms with Gasteiger partial charge in [-0.15, -0.1) is 5.10 Å². The summed E-state index contributed by atoms with van der Waals surface area (Å²) in [5, 5.41) is 9.29. The van der Waals surface area contributed by atoms with E-state index < -0.39 is 0 Å². The number of para-hydroxylation sites is 1. The molecule has 128 valence electrons. The van der Waals surface area contributed by atoms with Crippen LogP contribution in [-0.2, 0) is 0 Å². The fourth-order valence-electron chi connectivity index (χ4n) is 3.04. The Balaban J connectivity index is 1.57. The molecule has 0 aliphatic carbocycles. The first kappa shape index (κ1) is 15.3. The molecule has 0 fully saturated rings. The number of ketones is 1. The number of aromatic nitrogens is 5. The van der Waals surface area contributed by atoms with Crippen LogP contribution in [0.5, 0.6) is 0 Å². The average molecular weight is 351 g/mol. The number of rotatable bonds is 3. The molecule has 0 N–H and O–H groups in total. The lowest BCUT2D eigenvalue weighted by Crippen LogP contribution is -2.07. The highest BCUT2D eigenvalue weighted by Gasteiger charge is 2.16. The maximum atomic E-state index is 12.9. The highest BCUT2D eigenvalue weighted by atomic mass is 16.1. The zero-order chi connectivity index (χ0) is 18.2. The van der Waals surface area contributed by atoms with Gasteiger partial charge < -0.3 is 0 Å². The number of carbonyl (C=O) groups is 1. The normalized spacial score (nSPS) is 11.1. The van der Waals surface area contributed by atoms with E-state index in [-0.39, 0.29) is 5.78 Å². The Bertz CT molecular complexity index is 1310. The average Bonchev–Trinajstić information content (AvgIpc) is 3.17. The van der Waals surface area contributed by atoms with Crippen molar-refractivity contribution in [3.8, 4) is 11.4 Å². The summed E-state index contributed by atoms with van der Waals surface area (Å²) in [6.45, 7) is 0. The number of benzene rings is 1. The lowest BCUT2D eigenvalue weighted by Gasteiger charge is -2.04. The molecular formula is C21H13N5O. The predicted molar refractivity (Wildman–Crippen MR) is 101 cm³/mol. The molecule has 4 aromatic heterocycles. The van der Waals surface area contributed by atoms with Gasteiger partial charge in [-0.2, -0.15) is 0 Å². The molecule has 6 heteroatoms. The molecule has 1 aromatic carbocycles. The van der Waals surface area contributed by atoms with Crippen LogP contribution in [0.1, 0.15) is 16.2 Å². The van der Waals surface area contributed by atoms with Gasteiger partial charge in [0.1, 0.15) is 17.1 Å². The molecule has 0 spiro atoms. The van der Waals surface area contributed by atoms with E-state index in [0.29, 0.717) is 22.8 Å². The Kier molecular flexibility index (Phi) is 3.47. The van der Waals surface area contributed by atoms with Crippen molar-refractivity contribution < 1.29 is 4.79 Å². The van der Waals surface area contributed by atoms with Crippen molar-refractivity contribution in [2.24, 2.45) is 0 Å². The van der Waals surface area contributed by atoms with Crippen molar-refractivity contribution in [3.63, 3.8) is 0 Å². The fraction of sp³-hybridized carbons (Fsp3) is 0. The van der Waals surface area contributed by atoms with E-state index in [2.05, 4.69) is 20.3 Å². The summed E-state index contributed by atoms with van der Waals surface area (Å²) in [4.78, 5) is 21.9. The van der Waals surface area contributed by atoms with Gasteiger partial charge in [0.2, 0.25) is 5.78 Å². The number of hydrogen-bond acceptors (Lipinski definition) is 5. The molecule has 0 atom stereocenters. The van der Waals surface area contributed by atoms with Crippen molar-refractivity contribution in [3.05, 3.63) is 90.4 Å². The molecule has 0 radical (unpaired) electrons. The summed E-state index contributed by atoms with van der Waals surface area (Å²) < 4.78 is 1.68. The van der Waals surface area contributed by atoms with Gasteiger partial charge in [0.25, 0.3) is 0 Å². The van der Waals surface area contributed by atoms with Gasteiger partial charge in [-0.05, 0) is 36.4 Å². The molecule has 0 saturated carbocycles. The zero-order valence-electron chi connectivity index (χ0n) is 14.1. The third-order valence-electron chi connectivity index (χ3n) is 4.38. The summed E-state index contributed by atoms with van der Waals surface area (Å²) in [7, 11) is 0. The van der Waals surface area contributed by atoms with Crippen LogP contribution in [0, 0.1) is 0 Å². The molecule has 0 amide bonds. The first-order valence-corrected chi connectivity index (χ1v) is 8.47. The van der Waals surface area contributed by atoms with Crippen molar-refractivity contribution in [2.75, 3.05) is 0 Å². The smallest absolute Gasteiger partial charge is 0.229 e. The van der Waals surface area contributed by atoms with Crippen molar-refractivity contribution >= 4 is 22.2 Å². The van der Waals surface area contributed by atoms with Gasteiger partial charge in [-0.3, -0.25) is 4.79 Å². The van der Waals surface area contributed by atoms with Gasteiger partial charge in [0.15, 0.2) is 0 Å². The van der Waals surface area contributed by atoms with Gasteiger partial charge in [0.05, 0.1) is 16.7 Å². The van der Waals surface area contributed by atoms with Gasteiger partial charge in [0, 0.05) is 11.6 Å². The van der Waals surface area contributed by atoms with Crippen LogP contribution in [0.25, 0.3) is 27.8 Å². The molecule has 27 heavy (non-hydrogen) atoms. The molecule has 4 heterocycles.